The molecule has 6 nitrogen and oxygen atoms in total. The lowest BCUT2D eigenvalue weighted by Gasteiger charge is -2.11. The Bertz CT molecular complexity index is 1170. The third-order valence-corrected chi connectivity index (χ3v) is 6.30. The molecule has 2 aromatic carbocycles. The molecule has 4 rings (SSSR count). The van der Waals surface area contributed by atoms with Crippen LogP contribution in [-0.4, -0.2) is 26.4 Å². The van der Waals surface area contributed by atoms with Gasteiger partial charge >= 0.3 is 0 Å². The van der Waals surface area contributed by atoms with E-state index in [1.807, 2.05) is 60.0 Å². The summed E-state index contributed by atoms with van der Waals surface area (Å²) in [4.78, 5) is 12.6. The third kappa shape index (κ3) is 4.94. The number of rotatable bonds is 8. The summed E-state index contributed by atoms with van der Waals surface area (Å²) < 4.78 is 7.46. The van der Waals surface area contributed by atoms with Crippen LogP contribution in [0, 0.1) is 6.92 Å². The van der Waals surface area contributed by atoms with Crippen molar-refractivity contribution in [1.82, 2.24) is 14.8 Å². The number of thioether (sulfide) groups is 1. The molecule has 1 N–H and O–H groups in total. The molecule has 0 saturated carbocycles. The first kappa shape index (κ1) is 21.9. The number of aryl methyl sites for hydroxylation is 1. The number of hydrogen-bond acceptors (Lipinski definition) is 5. The Balaban J connectivity index is 1.49. The normalized spacial score (nSPS) is 12.0. The van der Waals surface area contributed by atoms with Crippen molar-refractivity contribution in [3.8, 4) is 17.3 Å². The maximum absolute atomic E-state index is 12.6. The van der Waals surface area contributed by atoms with Crippen LogP contribution in [0.25, 0.3) is 17.3 Å². The molecular weight excluding hydrogens is 420 g/mol. The molecule has 0 spiro atoms. The topological polar surface area (TPSA) is 73.0 Å². The zero-order valence-electron chi connectivity index (χ0n) is 18.4. The first-order valence-corrected chi connectivity index (χ1v) is 11.6. The van der Waals surface area contributed by atoms with Gasteiger partial charge < -0.3 is 9.73 Å². The molecule has 0 fully saturated rings. The predicted molar refractivity (Wildman–Crippen MR) is 128 cm³/mol. The van der Waals surface area contributed by atoms with E-state index in [-0.39, 0.29) is 11.7 Å². The van der Waals surface area contributed by atoms with Crippen molar-refractivity contribution in [3.63, 3.8) is 0 Å². The molecule has 0 radical (unpaired) electrons. The molecule has 1 amide bonds. The number of furan rings is 1. The molecule has 1 atom stereocenters. The molecule has 164 valence electrons. The van der Waals surface area contributed by atoms with Gasteiger partial charge in [0.15, 0.2) is 10.9 Å². The average Bonchev–Trinajstić information content (AvgIpc) is 3.48. The van der Waals surface area contributed by atoms with Gasteiger partial charge in [0.25, 0.3) is 0 Å². The predicted octanol–water partition coefficient (Wildman–Crippen LogP) is 6.08. The highest BCUT2D eigenvalue weighted by atomic mass is 32.2. The average molecular weight is 447 g/mol. The van der Waals surface area contributed by atoms with E-state index in [0.29, 0.717) is 22.7 Å². The van der Waals surface area contributed by atoms with Gasteiger partial charge in [-0.1, -0.05) is 55.4 Å². The van der Waals surface area contributed by atoms with E-state index in [4.69, 9.17) is 4.42 Å². The van der Waals surface area contributed by atoms with Crippen LogP contribution in [0.15, 0.2) is 76.5 Å². The Labute approximate surface area is 192 Å². The van der Waals surface area contributed by atoms with Crippen LogP contribution in [0.1, 0.15) is 37.3 Å². The number of carbonyl (C=O) groups is 1. The number of anilines is 1. The van der Waals surface area contributed by atoms with Gasteiger partial charge in [0, 0.05) is 11.4 Å². The standard InChI is InChI=1S/C25H26N4O2S/c1-4-18(3)19-9-11-20(12-10-19)26-23(30)16-32-25-28-27-24(22-6-5-15-31-22)29(25)21-13-7-17(2)8-14-21/h5-15,18H,4,16H2,1-3H3,(H,26,30)/t18-/m1/s1. The summed E-state index contributed by atoms with van der Waals surface area (Å²) in [6.45, 7) is 6.41. The highest BCUT2D eigenvalue weighted by Gasteiger charge is 2.19. The number of amides is 1. The van der Waals surface area contributed by atoms with Gasteiger partial charge in [-0.25, -0.2) is 0 Å². The minimum Gasteiger partial charge on any atom is -0.461 e. The van der Waals surface area contributed by atoms with Crippen molar-refractivity contribution in [2.45, 2.75) is 38.3 Å². The number of aromatic nitrogens is 3. The first-order chi connectivity index (χ1) is 15.5. The van der Waals surface area contributed by atoms with Crippen molar-refractivity contribution in [3.05, 3.63) is 78.1 Å². The van der Waals surface area contributed by atoms with E-state index >= 15 is 0 Å². The number of nitrogens with zero attached hydrogens (tertiary/aromatic N) is 3. The van der Waals surface area contributed by atoms with Gasteiger partial charge in [-0.15, -0.1) is 10.2 Å². The molecule has 0 unspecified atom stereocenters. The summed E-state index contributed by atoms with van der Waals surface area (Å²) in [6.07, 6.45) is 2.69. The van der Waals surface area contributed by atoms with Crippen molar-refractivity contribution >= 4 is 23.4 Å². The van der Waals surface area contributed by atoms with Crippen LogP contribution in [0.3, 0.4) is 0 Å². The monoisotopic (exact) mass is 446 g/mol. The van der Waals surface area contributed by atoms with Gasteiger partial charge in [-0.3, -0.25) is 9.36 Å². The van der Waals surface area contributed by atoms with Gasteiger partial charge in [0.1, 0.15) is 0 Å². The van der Waals surface area contributed by atoms with Crippen LogP contribution in [0.4, 0.5) is 5.69 Å². The second kappa shape index (κ2) is 9.87. The number of benzene rings is 2. The van der Waals surface area contributed by atoms with Gasteiger partial charge in [0.2, 0.25) is 11.7 Å². The third-order valence-electron chi connectivity index (χ3n) is 5.38. The molecule has 0 aliphatic carbocycles. The quantitative estimate of drug-likeness (QED) is 0.332. The van der Waals surface area contributed by atoms with Gasteiger partial charge in [-0.05, 0) is 61.2 Å². The van der Waals surface area contributed by atoms with Crippen LogP contribution in [0.2, 0.25) is 0 Å². The van der Waals surface area contributed by atoms with Crippen molar-refractivity contribution in [2.24, 2.45) is 0 Å². The van der Waals surface area contributed by atoms with Gasteiger partial charge in [-0.2, -0.15) is 0 Å². The highest BCUT2D eigenvalue weighted by Crippen LogP contribution is 2.28. The molecule has 0 aliphatic heterocycles. The molecule has 2 heterocycles. The summed E-state index contributed by atoms with van der Waals surface area (Å²) in [5.74, 6) is 1.85. The van der Waals surface area contributed by atoms with Crippen LogP contribution in [0.5, 0.6) is 0 Å². The summed E-state index contributed by atoms with van der Waals surface area (Å²) in [5.41, 5.74) is 4.14. The second-order valence-electron chi connectivity index (χ2n) is 7.72. The Kier molecular flexibility index (Phi) is 6.75. The Morgan fingerprint density at radius 1 is 1.09 bits per heavy atom. The Morgan fingerprint density at radius 3 is 2.50 bits per heavy atom. The first-order valence-electron chi connectivity index (χ1n) is 10.6. The second-order valence-corrected chi connectivity index (χ2v) is 8.67. The maximum atomic E-state index is 12.6. The summed E-state index contributed by atoms with van der Waals surface area (Å²) in [7, 11) is 0. The Hall–Kier alpha value is -3.32. The zero-order chi connectivity index (χ0) is 22.5. The fourth-order valence-corrected chi connectivity index (χ4v) is 4.07. The molecule has 4 aromatic rings. The van der Waals surface area contributed by atoms with Gasteiger partial charge in [0.05, 0.1) is 12.0 Å². The molecular formula is C25H26N4O2S. The molecule has 0 saturated heterocycles. The largest absolute Gasteiger partial charge is 0.461 e. The fourth-order valence-electron chi connectivity index (χ4n) is 3.31. The highest BCUT2D eigenvalue weighted by molar-refractivity contribution is 7.99. The summed E-state index contributed by atoms with van der Waals surface area (Å²) >= 11 is 1.34. The minimum absolute atomic E-state index is 0.0932. The van der Waals surface area contributed by atoms with Crippen molar-refractivity contribution in [2.75, 3.05) is 11.1 Å². The molecule has 0 aliphatic rings. The van der Waals surface area contributed by atoms with E-state index in [2.05, 4.69) is 41.5 Å². The summed E-state index contributed by atoms with van der Waals surface area (Å²) in [5, 5.41) is 12.2. The van der Waals surface area contributed by atoms with E-state index in [9.17, 15) is 4.79 Å². The van der Waals surface area contributed by atoms with E-state index in [1.54, 1.807) is 6.26 Å². The molecule has 2 aromatic heterocycles. The number of nitrogens with one attached hydrogen (secondary N) is 1. The lowest BCUT2D eigenvalue weighted by atomic mass is 9.99. The van der Waals surface area contributed by atoms with E-state index in [1.165, 1.54) is 17.3 Å². The fraction of sp³-hybridized carbons (Fsp3) is 0.240. The lowest BCUT2D eigenvalue weighted by molar-refractivity contribution is -0.113. The smallest absolute Gasteiger partial charge is 0.234 e. The van der Waals surface area contributed by atoms with E-state index in [0.717, 1.165) is 23.4 Å². The van der Waals surface area contributed by atoms with Crippen LogP contribution in [-0.2, 0) is 4.79 Å². The number of carbonyl (C=O) groups excluding carboxylic acids is 1. The summed E-state index contributed by atoms with van der Waals surface area (Å²) in [6, 6.07) is 19.8. The van der Waals surface area contributed by atoms with Crippen LogP contribution >= 0.6 is 11.8 Å². The lowest BCUT2D eigenvalue weighted by Crippen LogP contribution is -2.14. The van der Waals surface area contributed by atoms with E-state index < -0.39 is 0 Å². The van der Waals surface area contributed by atoms with Crippen molar-refractivity contribution in [1.29, 1.82) is 0 Å². The minimum atomic E-state index is -0.0932. The van der Waals surface area contributed by atoms with Crippen molar-refractivity contribution < 1.29 is 9.21 Å². The molecule has 0 bridgehead atoms. The Morgan fingerprint density at radius 2 is 1.84 bits per heavy atom. The molecule has 32 heavy (non-hydrogen) atoms. The molecule has 7 heteroatoms. The zero-order valence-corrected chi connectivity index (χ0v) is 19.2. The number of hydrogen-bond donors (Lipinski definition) is 1. The SMILES string of the molecule is CC[C@@H](C)c1ccc(NC(=O)CSc2nnc(-c3ccco3)n2-c2ccc(C)cc2)cc1. The maximum Gasteiger partial charge on any atom is 0.234 e. The van der Waals surface area contributed by atoms with Crippen LogP contribution < -0.4 is 5.32 Å².